The van der Waals surface area contributed by atoms with Crippen molar-refractivity contribution in [2.45, 2.75) is 6.54 Å². The number of fused-ring (bicyclic) bond motifs is 1. The third-order valence-electron chi connectivity index (χ3n) is 4.60. The summed E-state index contributed by atoms with van der Waals surface area (Å²) >= 11 is 12.6. The first kappa shape index (κ1) is 19.4. The molecule has 4 aromatic rings. The number of nitrogens with one attached hydrogen (secondary N) is 1. The second-order valence-corrected chi connectivity index (χ2v) is 7.34. The van der Waals surface area contributed by atoms with Gasteiger partial charge >= 0.3 is 0 Å². The van der Waals surface area contributed by atoms with Crippen LogP contribution < -0.4 is 16.6 Å². The summed E-state index contributed by atoms with van der Waals surface area (Å²) in [6.07, 6.45) is 1.66. The van der Waals surface area contributed by atoms with Crippen LogP contribution in [0.25, 0.3) is 22.2 Å². The Morgan fingerprint density at radius 2 is 1.83 bits per heavy atom. The molecule has 6 nitrogen and oxygen atoms in total. The third-order valence-corrected chi connectivity index (χ3v) is 5.23. The lowest BCUT2D eigenvalue weighted by Crippen LogP contribution is -2.20. The SMILES string of the molecule is Cn1c(=O)c(-c2c(Cl)cccc2Cl)cc2cnc(Nc3cccc(CN)c3)nc21. The van der Waals surface area contributed by atoms with E-state index in [1.807, 2.05) is 24.3 Å². The van der Waals surface area contributed by atoms with E-state index in [1.54, 1.807) is 37.5 Å². The van der Waals surface area contributed by atoms with E-state index in [-0.39, 0.29) is 5.56 Å². The topological polar surface area (TPSA) is 85.8 Å². The molecule has 4 rings (SSSR count). The highest BCUT2D eigenvalue weighted by Gasteiger charge is 2.16. The van der Waals surface area contributed by atoms with E-state index in [0.29, 0.717) is 44.7 Å². The summed E-state index contributed by atoms with van der Waals surface area (Å²) in [5.74, 6) is 0.380. The minimum absolute atomic E-state index is 0.248. The van der Waals surface area contributed by atoms with Gasteiger partial charge in [-0.15, -0.1) is 0 Å². The van der Waals surface area contributed by atoms with Gasteiger partial charge in [-0.25, -0.2) is 4.98 Å². The summed E-state index contributed by atoms with van der Waals surface area (Å²) in [7, 11) is 1.66. The quantitative estimate of drug-likeness (QED) is 0.502. The fourth-order valence-electron chi connectivity index (χ4n) is 3.15. The van der Waals surface area contributed by atoms with Crippen molar-refractivity contribution in [3.05, 3.63) is 80.7 Å². The number of nitrogens with two attached hydrogens (primary N) is 1. The Bertz CT molecular complexity index is 1270. The van der Waals surface area contributed by atoms with E-state index >= 15 is 0 Å². The molecule has 146 valence electrons. The van der Waals surface area contributed by atoms with Crippen molar-refractivity contribution in [3.8, 4) is 11.1 Å². The van der Waals surface area contributed by atoms with Crippen LogP contribution in [-0.2, 0) is 13.6 Å². The zero-order valence-corrected chi connectivity index (χ0v) is 17.0. The number of rotatable bonds is 4. The minimum atomic E-state index is -0.248. The van der Waals surface area contributed by atoms with Gasteiger partial charge in [-0.2, -0.15) is 4.98 Å². The summed E-state index contributed by atoms with van der Waals surface area (Å²) in [6.45, 7) is 0.440. The number of pyridine rings is 1. The number of nitrogens with zero attached hydrogens (tertiary/aromatic N) is 3. The monoisotopic (exact) mass is 425 g/mol. The van der Waals surface area contributed by atoms with Gasteiger partial charge in [-0.05, 0) is 35.9 Å². The summed E-state index contributed by atoms with van der Waals surface area (Å²) in [5.41, 5.74) is 8.64. The largest absolute Gasteiger partial charge is 0.326 e. The molecular formula is C21H17Cl2N5O. The Kier molecular flexibility index (Phi) is 5.24. The number of aromatic nitrogens is 3. The van der Waals surface area contributed by atoms with Gasteiger partial charge in [-0.3, -0.25) is 9.36 Å². The summed E-state index contributed by atoms with van der Waals surface area (Å²) < 4.78 is 1.47. The molecule has 0 saturated carbocycles. The van der Waals surface area contributed by atoms with Crippen molar-refractivity contribution >= 4 is 45.9 Å². The zero-order chi connectivity index (χ0) is 20.5. The molecule has 0 aliphatic heterocycles. The Labute approximate surface area is 176 Å². The fourth-order valence-corrected chi connectivity index (χ4v) is 3.75. The molecule has 0 bridgehead atoms. The van der Waals surface area contributed by atoms with Crippen molar-refractivity contribution in [3.63, 3.8) is 0 Å². The van der Waals surface area contributed by atoms with Gasteiger partial charge in [0.05, 0.1) is 15.6 Å². The lowest BCUT2D eigenvalue weighted by molar-refractivity contribution is 0.887. The van der Waals surface area contributed by atoms with Crippen LogP contribution in [0.1, 0.15) is 5.56 Å². The van der Waals surface area contributed by atoms with E-state index in [9.17, 15) is 4.79 Å². The van der Waals surface area contributed by atoms with Crippen LogP contribution in [0.2, 0.25) is 10.0 Å². The molecule has 2 aromatic heterocycles. The van der Waals surface area contributed by atoms with Gasteiger partial charge in [0.15, 0.2) is 0 Å². The van der Waals surface area contributed by atoms with E-state index in [2.05, 4.69) is 15.3 Å². The van der Waals surface area contributed by atoms with Crippen LogP contribution in [-0.4, -0.2) is 14.5 Å². The number of benzene rings is 2. The lowest BCUT2D eigenvalue weighted by atomic mass is 10.1. The van der Waals surface area contributed by atoms with Crippen LogP contribution in [0.15, 0.2) is 59.5 Å². The molecule has 0 radical (unpaired) electrons. The fraction of sp³-hybridized carbons (Fsp3) is 0.0952. The molecule has 0 unspecified atom stereocenters. The molecule has 29 heavy (non-hydrogen) atoms. The van der Waals surface area contributed by atoms with Gasteiger partial charge in [0.2, 0.25) is 5.95 Å². The molecule has 0 aliphatic carbocycles. The predicted octanol–water partition coefficient (Wildman–Crippen LogP) is 4.50. The summed E-state index contributed by atoms with van der Waals surface area (Å²) in [4.78, 5) is 21.9. The standard InChI is InChI=1S/C21H17Cl2N5O/c1-28-19-13(9-15(20(28)29)18-16(22)6-3-7-17(18)23)11-25-21(27-19)26-14-5-2-4-12(8-14)10-24/h2-9,11H,10,24H2,1H3,(H,25,26,27). The number of halogens is 2. The van der Waals surface area contributed by atoms with Gasteiger partial charge in [0, 0.05) is 36.4 Å². The van der Waals surface area contributed by atoms with E-state index in [1.165, 1.54) is 4.57 Å². The molecule has 0 atom stereocenters. The Morgan fingerprint density at radius 1 is 1.10 bits per heavy atom. The van der Waals surface area contributed by atoms with Gasteiger partial charge in [-0.1, -0.05) is 41.4 Å². The molecule has 8 heteroatoms. The van der Waals surface area contributed by atoms with Crippen LogP contribution in [0.5, 0.6) is 0 Å². The molecule has 0 amide bonds. The van der Waals surface area contributed by atoms with Crippen LogP contribution in [0.3, 0.4) is 0 Å². The second-order valence-electron chi connectivity index (χ2n) is 6.52. The first-order valence-electron chi connectivity index (χ1n) is 8.85. The molecule has 0 fully saturated rings. The van der Waals surface area contributed by atoms with Crippen LogP contribution in [0, 0.1) is 0 Å². The number of aryl methyl sites for hydroxylation is 1. The highest BCUT2D eigenvalue weighted by atomic mass is 35.5. The normalized spacial score (nSPS) is 11.0. The predicted molar refractivity (Wildman–Crippen MR) is 118 cm³/mol. The zero-order valence-electron chi connectivity index (χ0n) is 15.5. The Hall–Kier alpha value is -2.93. The van der Waals surface area contributed by atoms with E-state index < -0.39 is 0 Å². The number of anilines is 2. The highest BCUT2D eigenvalue weighted by molar-refractivity contribution is 6.39. The summed E-state index contributed by atoms with van der Waals surface area (Å²) in [5, 5.41) is 4.66. The lowest BCUT2D eigenvalue weighted by Gasteiger charge is -2.12. The van der Waals surface area contributed by atoms with Crippen molar-refractivity contribution in [1.82, 2.24) is 14.5 Å². The van der Waals surface area contributed by atoms with Crippen molar-refractivity contribution < 1.29 is 0 Å². The molecule has 0 saturated heterocycles. The smallest absolute Gasteiger partial charge is 0.259 e. The van der Waals surface area contributed by atoms with Gasteiger partial charge < -0.3 is 11.1 Å². The first-order chi connectivity index (χ1) is 14.0. The molecule has 2 aromatic carbocycles. The van der Waals surface area contributed by atoms with Crippen LogP contribution >= 0.6 is 23.2 Å². The second kappa shape index (κ2) is 7.83. The third kappa shape index (κ3) is 3.70. The number of hydrogen-bond acceptors (Lipinski definition) is 5. The molecule has 0 aliphatic rings. The Morgan fingerprint density at radius 3 is 2.55 bits per heavy atom. The molecule has 3 N–H and O–H groups in total. The van der Waals surface area contributed by atoms with Gasteiger partial charge in [0.1, 0.15) is 5.65 Å². The Balaban J connectivity index is 1.81. The van der Waals surface area contributed by atoms with Gasteiger partial charge in [0.25, 0.3) is 5.56 Å². The maximum absolute atomic E-state index is 13.0. The average molecular weight is 426 g/mol. The van der Waals surface area contributed by atoms with E-state index in [4.69, 9.17) is 28.9 Å². The van der Waals surface area contributed by atoms with Crippen molar-refractivity contribution in [2.24, 2.45) is 12.8 Å². The highest BCUT2D eigenvalue weighted by Crippen LogP contribution is 2.33. The average Bonchev–Trinajstić information content (AvgIpc) is 2.72. The van der Waals surface area contributed by atoms with E-state index in [0.717, 1.165) is 11.3 Å². The minimum Gasteiger partial charge on any atom is -0.326 e. The van der Waals surface area contributed by atoms with Crippen LogP contribution in [0.4, 0.5) is 11.6 Å². The van der Waals surface area contributed by atoms with Crippen molar-refractivity contribution in [1.29, 1.82) is 0 Å². The molecular weight excluding hydrogens is 409 g/mol. The maximum atomic E-state index is 13.0. The first-order valence-corrected chi connectivity index (χ1v) is 9.60. The number of hydrogen-bond donors (Lipinski definition) is 2. The maximum Gasteiger partial charge on any atom is 0.259 e. The summed E-state index contributed by atoms with van der Waals surface area (Å²) in [6, 6.07) is 14.5. The molecule has 0 spiro atoms. The molecule has 2 heterocycles. The van der Waals surface area contributed by atoms with Crippen molar-refractivity contribution in [2.75, 3.05) is 5.32 Å².